The Morgan fingerprint density at radius 1 is 0.958 bits per heavy atom. The molecule has 0 fully saturated rings. The minimum atomic E-state index is -0.743. The lowest BCUT2D eigenvalue weighted by Crippen LogP contribution is -2.34. The second kappa shape index (κ2) is 8.58. The molecule has 0 aromatic heterocycles. The van der Waals surface area contributed by atoms with Crippen molar-refractivity contribution in [2.45, 2.75) is 19.4 Å². The van der Waals surface area contributed by atoms with Gasteiger partial charge in [-0.25, -0.2) is 0 Å². The van der Waals surface area contributed by atoms with Crippen LogP contribution in [0.2, 0.25) is 0 Å². The average Bonchev–Trinajstić information content (AvgIpc) is 2.61. The van der Waals surface area contributed by atoms with E-state index in [0.29, 0.717) is 0 Å². The lowest BCUT2D eigenvalue weighted by Gasteiger charge is -2.13. The van der Waals surface area contributed by atoms with Gasteiger partial charge in [-0.15, -0.1) is 0 Å². The average molecular weight is 321 g/mol. The third-order valence-electron chi connectivity index (χ3n) is 3.50. The number of Topliss-reactive ketones (excluding diaryl/α,β-unsaturated/α-hetero) is 1. The first kappa shape index (κ1) is 17.3. The predicted octanol–water partition coefficient (Wildman–Crippen LogP) is 3.11. The van der Waals surface area contributed by atoms with Gasteiger partial charge in [0.15, 0.2) is 5.78 Å². The van der Waals surface area contributed by atoms with Crippen molar-refractivity contribution >= 4 is 23.5 Å². The summed E-state index contributed by atoms with van der Waals surface area (Å²) in [6.45, 7) is 1.79. The lowest BCUT2D eigenvalue weighted by atomic mass is 10.1. The van der Waals surface area contributed by atoms with E-state index in [1.165, 1.54) is 6.08 Å². The third-order valence-corrected chi connectivity index (χ3v) is 3.50. The van der Waals surface area contributed by atoms with Gasteiger partial charge >= 0.3 is 0 Å². The Morgan fingerprint density at radius 2 is 1.54 bits per heavy atom. The van der Waals surface area contributed by atoms with Crippen LogP contribution < -0.4 is 5.32 Å². The second-order valence-corrected chi connectivity index (χ2v) is 5.42. The highest BCUT2D eigenvalue weighted by molar-refractivity contribution is 6.40. The maximum Gasteiger partial charge on any atom is 0.288 e. The summed E-state index contributed by atoms with van der Waals surface area (Å²) in [4.78, 5) is 35.6. The van der Waals surface area contributed by atoms with Crippen molar-refractivity contribution in [1.29, 1.82) is 0 Å². The Hall–Kier alpha value is -3.01. The van der Waals surface area contributed by atoms with Crippen molar-refractivity contribution in [3.05, 3.63) is 77.9 Å². The summed E-state index contributed by atoms with van der Waals surface area (Å²) in [5.41, 5.74) is 1.76. The van der Waals surface area contributed by atoms with Gasteiger partial charge < -0.3 is 5.32 Å². The number of benzene rings is 2. The summed E-state index contributed by atoms with van der Waals surface area (Å²) < 4.78 is 0. The van der Waals surface area contributed by atoms with E-state index in [-0.39, 0.29) is 6.04 Å². The molecule has 0 saturated heterocycles. The number of nitrogens with one attached hydrogen (secondary N) is 1. The number of rotatable bonds is 7. The fourth-order valence-corrected chi connectivity index (χ4v) is 2.15. The molecule has 24 heavy (non-hydrogen) atoms. The van der Waals surface area contributed by atoms with Crippen LogP contribution in [0.4, 0.5) is 0 Å². The van der Waals surface area contributed by atoms with Crippen molar-refractivity contribution in [2.75, 3.05) is 0 Å². The number of hydrogen-bond acceptors (Lipinski definition) is 3. The van der Waals surface area contributed by atoms with E-state index < -0.39 is 23.9 Å². The van der Waals surface area contributed by atoms with Gasteiger partial charge in [0.05, 0.1) is 12.5 Å². The molecule has 0 radical (unpaired) electrons. The second-order valence-electron chi connectivity index (χ2n) is 5.42. The smallest absolute Gasteiger partial charge is 0.288 e. The molecule has 2 aromatic carbocycles. The molecule has 2 rings (SSSR count). The summed E-state index contributed by atoms with van der Waals surface area (Å²) in [5, 5.41) is 2.61. The lowest BCUT2D eigenvalue weighted by molar-refractivity contribution is -0.139. The van der Waals surface area contributed by atoms with Crippen molar-refractivity contribution < 1.29 is 14.4 Å². The highest BCUT2D eigenvalue weighted by atomic mass is 16.2. The third kappa shape index (κ3) is 5.32. The molecule has 0 bridgehead atoms. The van der Waals surface area contributed by atoms with Gasteiger partial charge in [0.25, 0.3) is 5.91 Å². The molecule has 0 saturated carbocycles. The van der Waals surface area contributed by atoms with Crippen LogP contribution in [-0.4, -0.2) is 17.5 Å². The Bertz CT molecular complexity index is 736. The number of allylic oxidation sites excluding steroid dienone is 1. The molecule has 0 spiro atoms. The van der Waals surface area contributed by atoms with E-state index in [0.717, 1.165) is 11.1 Å². The molecule has 1 N–H and O–H groups in total. The van der Waals surface area contributed by atoms with E-state index in [2.05, 4.69) is 5.32 Å². The number of carbonyl (C=O) groups excluding carboxylic acids is 3. The molecule has 0 aliphatic heterocycles. The zero-order valence-corrected chi connectivity index (χ0v) is 13.4. The van der Waals surface area contributed by atoms with Crippen molar-refractivity contribution in [2.24, 2.45) is 0 Å². The maximum absolute atomic E-state index is 11.9. The van der Waals surface area contributed by atoms with Crippen LogP contribution >= 0.6 is 0 Å². The first-order valence-electron chi connectivity index (χ1n) is 7.71. The minimum Gasteiger partial charge on any atom is -0.343 e. The van der Waals surface area contributed by atoms with Gasteiger partial charge in [-0.3, -0.25) is 14.4 Å². The van der Waals surface area contributed by atoms with Crippen molar-refractivity contribution in [1.82, 2.24) is 5.32 Å². The van der Waals surface area contributed by atoms with Gasteiger partial charge in [-0.1, -0.05) is 66.7 Å². The Labute approximate surface area is 141 Å². The fourth-order valence-electron chi connectivity index (χ4n) is 2.15. The monoisotopic (exact) mass is 321 g/mol. The van der Waals surface area contributed by atoms with E-state index >= 15 is 0 Å². The normalized spacial score (nSPS) is 11.9. The van der Waals surface area contributed by atoms with E-state index in [1.807, 2.05) is 60.7 Å². The fraction of sp³-hybridized carbons (Fsp3) is 0.150. The van der Waals surface area contributed by atoms with E-state index in [9.17, 15) is 14.4 Å². The minimum absolute atomic E-state index is 0.294. The van der Waals surface area contributed by atoms with E-state index in [1.54, 1.807) is 13.0 Å². The summed E-state index contributed by atoms with van der Waals surface area (Å²) in [5.74, 6) is -1.88. The zero-order chi connectivity index (χ0) is 17.4. The number of amides is 1. The van der Waals surface area contributed by atoms with Crippen LogP contribution in [0.15, 0.2) is 66.7 Å². The molecule has 0 aliphatic rings. The summed E-state index contributed by atoms with van der Waals surface area (Å²) in [7, 11) is 0. The van der Waals surface area contributed by atoms with Crippen molar-refractivity contribution in [3.8, 4) is 0 Å². The predicted molar refractivity (Wildman–Crippen MR) is 93.1 cm³/mol. The van der Waals surface area contributed by atoms with Gasteiger partial charge in [-0.05, 0) is 24.1 Å². The number of hydrogen-bond donors (Lipinski definition) is 1. The van der Waals surface area contributed by atoms with Crippen LogP contribution in [-0.2, 0) is 14.4 Å². The molecule has 122 valence electrons. The van der Waals surface area contributed by atoms with Crippen LogP contribution in [0.5, 0.6) is 0 Å². The SMILES string of the molecule is CC(NC(=O)C(=O)CC(=O)/C=C/c1ccccc1)c1ccccc1. The van der Waals surface area contributed by atoms with Gasteiger partial charge in [-0.2, -0.15) is 0 Å². The van der Waals surface area contributed by atoms with Crippen LogP contribution in [0, 0.1) is 0 Å². The van der Waals surface area contributed by atoms with Gasteiger partial charge in [0.2, 0.25) is 5.78 Å². The molecular weight excluding hydrogens is 302 g/mol. The van der Waals surface area contributed by atoms with Gasteiger partial charge in [0, 0.05) is 0 Å². The van der Waals surface area contributed by atoms with Crippen LogP contribution in [0.3, 0.4) is 0 Å². The summed E-state index contributed by atoms with van der Waals surface area (Å²) in [6.07, 6.45) is 2.51. The largest absolute Gasteiger partial charge is 0.343 e. The quantitative estimate of drug-likeness (QED) is 0.484. The molecule has 0 aliphatic carbocycles. The first-order valence-corrected chi connectivity index (χ1v) is 7.71. The van der Waals surface area contributed by atoms with E-state index in [4.69, 9.17) is 0 Å². The number of carbonyl (C=O) groups is 3. The summed E-state index contributed by atoms with van der Waals surface area (Å²) in [6, 6.07) is 18.3. The van der Waals surface area contributed by atoms with Crippen LogP contribution in [0.25, 0.3) is 6.08 Å². The Morgan fingerprint density at radius 3 is 2.17 bits per heavy atom. The molecular formula is C20H19NO3. The van der Waals surface area contributed by atoms with Gasteiger partial charge in [0.1, 0.15) is 0 Å². The molecule has 0 heterocycles. The maximum atomic E-state index is 11.9. The molecule has 1 unspecified atom stereocenters. The Balaban J connectivity index is 1.86. The topological polar surface area (TPSA) is 63.2 Å². The molecule has 2 aromatic rings. The number of ketones is 2. The molecule has 4 nitrogen and oxygen atoms in total. The highest BCUT2D eigenvalue weighted by Gasteiger charge is 2.18. The molecule has 1 amide bonds. The highest BCUT2D eigenvalue weighted by Crippen LogP contribution is 2.11. The standard InChI is InChI=1S/C20H19NO3/c1-15(17-10-6-3-7-11-17)21-20(24)19(23)14-18(22)13-12-16-8-4-2-5-9-16/h2-13,15H,14H2,1H3,(H,21,24)/b13-12+. The molecule has 4 heteroatoms. The summed E-state index contributed by atoms with van der Waals surface area (Å²) >= 11 is 0. The zero-order valence-electron chi connectivity index (χ0n) is 13.4. The Kier molecular flexibility index (Phi) is 6.20. The first-order chi connectivity index (χ1) is 11.6. The van der Waals surface area contributed by atoms with Crippen molar-refractivity contribution in [3.63, 3.8) is 0 Å². The van der Waals surface area contributed by atoms with Crippen LogP contribution in [0.1, 0.15) is 30.5 Å². The molecule has 1 atom stereocenters.